The summed E-state index contributed by atoms with van der Waals surface area (Å²) in [6.45, 7) is 4.94. The molecule has 1 aliphatic heterocycles. The summed E-state index contributed by atoms with van der Waals surface area (Å²) in [7, 11) is 0. The topological polar surface area (TPSA) is 33.3 Å². The van der Waals surface area contributed by atoms with E-state index in [9.17, 15) is 0 Å². The van der Waals surface area contributed by atoms with Crippen LogP contribution < -0.4 is 10.6 Å². The standard InChI is InChI=1S/C14H22N2O/c1-2-4-13(5-3-1)6-8-15-9-7-14-12-16-10-11-17-14/h1-5,14-16H,6-12H2. The maximum Gasteiger partial charge on any atom is 0.0712 e. The number of hydrogen-bond donors (Lipinski definition) is 2. The van der Waals surface area contributed by atoms with Crippen LogP contribution in [0.25, 0.3) is 0 Å². The molecule has 0 radical (unpaired) electrons. The van der Waals surface area contributed by atoms with E-state index in [2.05, 4.69) is 41.0 Å². The number of morpholine rings is 1. The van der Waals surface area contributed by atoms with Crippen molar-refractivity contribution in [2.45, 2.75) is 18.9 Å². The fourth-order valence-electron chi connectivity index (χ4n) is 2.07. The minimum absolute atomic E-state index is 0.396. The van der Waals surface area contributed by atoms with Gasteiger partial charge in [0.15, 0.2) is 0 Å². The molecule has 1 aliphatic rings. The summed E-state index contributed by atoms with van der Waals surface area (Å²) >= 11 is 0. The highest BCUT2D eigenvalue weighted by atomic mass is 16.5. The van der Waals surface area contributed by atoms with E-state index in [4.69, 9.17) is 4.74 Å². The van der Waals surface area contributed by atoms with E-state index < -0.39 is 0 Å². The normalized spacial score (nSPS) is 20.4. The molecule has 0 bridgehead atoms. The molecule has 2 rings (SSSR count). The molecule has 1 fully saturated rings. The van der Waals surface area contributed by atoms with E-state index in [0.717, 1.165) is 45.6 Å². The first-order valence-corrected chi connectivity index (χ1v) is 6.52. The van der Waals surface area contributed by atoms with Gasteiger partial charge in [-0.15, -0.1) is 0 Å². The van der Waals surface area contributed by atoms with Crippen molar-refractivity contribution in [3.8, 4) is 0 Å². The fourth-order valence-corrected chi connectivity index (χ4v) is 2.07. The Morgan fingerprint density at radius 2 is 2.12 bits per heavy atom. The fraction of sp³-hybridized carbons (Fsp3) is 0.571. The SMILES string of the molecule is c1ccc(CCNCCC2CNCCO2)cc1. The Hall–Kier alpha value is -0.900. The van der Waals surface area contributed by atoms with Gasteiger partial charge in [0.1, 0.15) is 0 Å². The van der Waals surface area contributed by atoms with Crippen molar-refractivity contribution in [1.29, 1.82) is 0 Å². The summed E-state index contributed by atoms with van der Waals surface area (Å²) in [5.41, 5.74) is 1.40. The average Bonchev–Trinajstić information content (AvgIpc) is 2.41. The van der Waals surface area contributed by atoms with Crippen molar-refractivity contribution in [1.82, 2.24) is 10.6 Å². The van der Waals surface area contributed by atoms with E-state index in [-0.39, 0.29) is 0 Å². The van der Waals surface area contributed by atoms with Crippen LogP contribution in [0, 0.1) is 0 Å². The van der Waals surface area contributed by atoms with Gasteiger partial charge in [-0.2, -0.15) is 0 Å². The molecule has 0 amide bonds. The van der Waals surface area contributed by atoms with Crippen molar-refractivity contribution in [3.63, 3.8) is 0 Å². The van der Waals surface area contributed by atoms with Gasteiger partial charge in [-0.3, -0.25) is 0 Å². The zero-order valence-corrected chi connectivity index (χ0v) is 10.3. The molecular formula is C14H22N2O. The quantitative estimate of drug-likeness (QED) is 0.726. The monoisotopic (exact) mass is 234 g/mol. The maximum atomic E-state index is 5.64. The van der Waals surface area contributed by atoms with Crippen LogP contribution in [0.1, 0.15) is 12.0 Å². The summed E-state index contributed by atoms with van der Waals surface area (Å²) in [5.74, 6) is 0. The van der Waals surface area contributed by atoms with Gasteiger partial charge in [0.05, 0.1) is 12.7 Å². The third-order valence-corrected chi connectivity index (χ3v) is 3.08. The molecule has 94 valence electrons. The second kappa shape index (κ2) is 7.43. The molecule has 0 spiro atoms. The number of hydrogen-bond acceptors (Lipinski definition) is 3. The van der Waals surface area contributed by atoms with Gasteiger partial charge in [0.2, 0.25) is 0 Å². The number of benzene rings is 1. The minimum atomic E-state index is 0.396. The van der Waals surface area contributed by atoms with Gasteiger partial charge in [0, 0.05) is 13.1 Å². The van der Waals surface area contributed by atoms with Crippen LogP contribution in [0.5, 0.6) is 0 Å². The van der Waals surface area contributed by atoms with E-state index in [1.807, 2.05) is 0 Å². The Labute approximate surface area is 104 Å². The Morgan fingerprint density at radius 3 is 2.88 bits per heavy atom. The van der Waals surface area contributed by atoms with Crippen LogP contribution in [0.2, 0.25) is 0 Å². The van der Waals surface area contributed by atoms with Crippen molar-refractivity contribution < 1.29 is 4.74 Å². The van der Waals surface area contributed by atoms with Crippen LogP contribution in [0.15, 0.2) is 30.3 Å². The molecule has 1 aromatic carbocycles. The molecule has 0 aliphatic carbocycles. The van der Waals surface area contributed by atoms with Gasteiger partial charge >= 0.3 is 0 Å². The van der Waals surface area contributed by atoms with Crippen molar-refractivity contribution in [3.05, 3.63) is 35.9 Å². The molecule has 0 aromatic heterocycles. The van der Waals surface area contributed by atoms with Crippen molar-refractivity contribution in [2.24, 2.45) is 0 Å². The number of nitrogens with one attached hydrogen (secondary N) is 2. The molecule has 1 heterocycles. The van der Waals surface area contributed by atoms with Crippen molar-refractivity contribution in [2.75, 3.05) is 32.8 Å². The van der Waals surface area contributed by atoms with Gasteiger partial charge in [-0.05, 0) is 31.5 Å². The highest BCUT2D eigenvalue weighted by Gasteiger charge is 2.11. The second-order valence-electron chi connectivity index (χ2n) is 4.47. The van der Waals surface area contributed by atoms with Crippen LogP contribution in [0.4, 0.5) is 0 Å². The van der Waals surface area contributed by atoms with Crippen LogP contribution >= 0.6 is 0 Å². The van der Waals surface area contributed by atoms with Gasteiger partial charge < -0.3 is 15.4 Å². The Bertz CT molecular complexity index is 296. The third kappa shape index (κ3) is 4.86. The molecule has 0 saturated carbocycles. The lowest BCUT2D eigenvalue weighted by molar-refractivity contribution is 0.0239. The summed E-state index contributed by atoms with van der Waals surface area (Å²) in [6, 6.07) is 10.6. The van der Waals surface area contributed by atoms with E-state index in [1.165, 1.54) is 5.56 Å². The molecule has 1 aromatic rings. The first kappa shape index (κ1) is 12.6. The average molecular weight is 234 g/mol. The van der Waals surface area contributed by atoms with Gasteiger partial charge in [-0.25, -0.2) is 0 Å². The lowest BCUT2D eigenvalue weighted by atomic mass is 10.1. The summed E-state index contributed by atoms with van der Waals surface area (Å²) in [6.07, 6.45) is 2.60. The van der Waals surface area contributed by atoms with Crippen molar-refractivity contribution >= 4 is 0 Å². The molecule has 3 heteroatoms. The molecule has 17 heavy (non-hydrogen) atoms. The summed E-state index contributed by atoms with van der Waals surface area (Å²) < 4.78 is 5.64. The zero-order chi connectivity index (χ0) is 11.8. The van der Waals surface area contributed by atoms with Gasteiger partial charge in [0.25, 0.3) is 0 Å². The smallest absolute Gasteiger partial charge is 0.0712 e. The molecular weight excluding hydrogens is 212 g/mol. The van der Waals surface area contributed by atoms with Gasteiger partial charge in [-0.1, -0.05) is 30.3 Å². The molecule has 1 atom stereocenters. The maximum absolute atomic E-state index is 5.64. The predicted molar refractivity (Wildman–Crippen MR) is 70.2 cm³/mol. The van der Waals surface area contributed by atoms with Crippen LogP contribution in [0.3, 0.4) is 0 Å². The lowest BCUT2D eigenvalue weighted by Gasteiger charge is -2.23. The number of rotatable bonds is 6. The third-order valence-electron chi connectivity index (χ3n) is 3.08. The first-order valence-electron chi connectivity index (χ1n) is 6.52. The summed E-state index contributed by atoms with van der Waals surface area (Å²) in [5, 5.41) is 6.82. The Balaban J connectivity index is 1.51. The Kier molecular flexibility index (Phi) is 5.49. The van der Waals surface area contributed by atoms with E-state index in [0.29, 0.717) is 6.10 Å². The zero-order valence-electron chi connectivity index (χ0n) is 10.3. The lowest BCUT2D eigenvalue weighted by Crippen LogP contribution is -2.40. The Morgan fingerprint density at radius 1 is 1.24 bits per heavy atom. The summed E-state index contributed by atoms with van der Waals surface area (Å²) in [4.78, 5) is 0. The minimum Gasteiger partial charge on any atom is -0.376 e. The molecule has 2 N–H and O–H groups in total. The first-order chi connectivity index (χ1) is 8.45. The molecule has 1 unspecified atom stereocenters. The molecule has 1 saturated heterocycles. The van der Waals surface area contributed by atoms with Crippen LogP contribution in [-0.2, 0) is 11.2 Å². The number of ether oxygens (including phenoxy) is 1. The highest BCUT2D eigenvalue weighted by molar-refractivity contribution is 5.14. The van der Waals surface area contributed by atoms with E-state index in [1.54, 1.807) is 0 Å². The van der Waals surface area contributed by atoms with Crippen LogP contribution in [-0.4, -0.2) is 38.9 Å². The largest absolute Gasteiger partial charge is 0.376 e. The second-order valence-corrected chi connectivity index (χ2v) is 4.47. The highest BCUT2D eigenvalue weighted by Crippen LogP contribution is 2.01. The molecule has 3 nitrogen and oxygen atoms in total. The van der Waals surface area contributed by atoms with E-state index >= 15 is 0 Å². The predicted octanol–water partition coefficient (Wildman–Crippen LogP) is 1.20.